The van der Waals surface area contributed by atoms with Gasteiger partial charge in [0.2, 0.25) is 3.61 Å². The van der Waals surface area contributed by atoms with E-state index < -0.39 is 9.58 Å². The highest BCUT2D eigenvalue weighted by Gasteiger charge is 2.47. The van der Waals surface area contributed by atoms with Crippen molar-refractivity contribution in [1.82, 2.24) is 9.55 Å². The molecule has 0 saturated heterocycles. The lowest BCUT2D eigenvalue weighted by Gasteiger charge is -2.31. The number of esters is 1. The zero-order chi connectivity index (χ0) is 21.2. The molecule has 1 aromatic carbocycles. The van der Waals surface area contributed by atoms with Gasteiger partial charge in [0.05, 0.1) is 29.0 Å². The Balaban J connectivity index is 1.81. The van der Waals surface area contributed by atoms with Gasteiger partial charge >= 0.3 is 5.97 Å². The predicted octanol–water partition coefficient (Wildman–Crippen LogP) is 3.37. The molecule has 30 heavy (non-hydrogen) atoms. The number of halogens is 1. The molecule has 1 N–H and O–H groups in total. The number of aromatic hydroxyl groups is 1. The molecule has 5 rings (SSSR count). The van der Waals surface area contributed by atoms with Gasteiger partial charge in [0.25, 0.3) is 5.56 Å². The van der Waals surface area contributed by atoms with Crippen molar-refractivity contribution in [2.45, 2.75) is 37.0 Å². The number of benzene rings is 1. The van der Waals surface area contributed by atoms with Gasteiger partial charge in [0.15, 0.2) is 0 Å². The third-order valence-electron chi connectivity index (χ3n) is 5.80. The van der Waals surface area contributed by atoms with Gasteiger partial charge in [-0.1, -0.05) is 6.92 Å². The summed E-state index contributed by atoms with van der Waals surface area (Å²) in [5.41, 5.74) is 4.98. The summed E-state index contributed by atoms with van der Waals surface area (Å²) in [6.07, 6.45) is 0.740. The minimum absolute atomic E-state index is 0.0641. The monoisotopic (exact) mass is 518 g/mol. The zero-order valence-corrected chi connectivity index (χ0v) is 18.6. The molecular formula is C22H19IN2O5. The molecule has 1 atom stereocenters. The molecule has 0 aliphatic carbocycles. The molecule has 0 fully saturated rings. The number of phenols is 1. The van der Waals surface area contributed by atoms with Gasteiger partial charge in [-0.25, -0.2) is 9.78 Å². The molecule has 4 heterocycles. The van der Waals surface area contributed by atoms with Gasteiger partial charge in [-0.05, 0) is 65.8 Å². The van der Waals surface area contributed by atoms with E-state index in [0.717, 1.165) is 34.1 Å². The van der Waals surface area contributed by atoms with E-state index in [1.54, 1.807) is 29.7 Å². The molecule has 2 aliphatic heterocycles. The van der Waals surface area contributed by atoms with Crippen LogP contribution in [0.5, 0.6) is 5.75 Å². The number of cyclic esters (lactones) is 1. The number of nitrogens with zero attached hydrogens (tertiary/aromatic N) is 2. The maximum absolute atomic E-state index is 13.4. The number of aryl methyl sites for hydroxylation is 1. The van der Waals surface area contributed by atoms with E-state index in [1.165, 1.54) is 0 Å². The molecule has 2 aromatic heterocycles. The first kappa shape index (κ1) is 19.5. The Bertz CT molecular complexity index is 1300. The second kappa shape index (κ2) is 6.78. The quantitative estimate of drug-likeness (QED) is 0.254. The highest BCUT2D eigenvalue weighted by molar-refractivity contribution is 14.1. The van der Waals surface area contributed by atoms with Gasteiger partial charge in [-0.15, -0.1) is 0 Å². The fourth-order valence-electron chi connectivity index (χ4n) is 4.45. The van der Waals surface area contributed by atoms with Gasteiger partial charge < -0.3 is 19.1 Å². The number of hydrogen-bond acceptors (Lipinski definition) is 6. The number of hydrogen-bond donors (Lipinski definition) is 1. The number of fused-ring (bicyclic) bond motifs is 5. The van der Waals surface area contributed by atoms with Crippen LogP contribution in [0.2, 0.25) is 0 Å². The van der Waals surface area contributed by atoms with Crippen LogP contribution in [0.4, 0.5) is 0 Å². The maximum Gasteiger partial charge on any atom is 0.354 e. The fourth-order valence-corrected chi connectivity index (χ4v) is 5.39. The van der Waals surface area contributed by atoms with Crippen molar-refractivity contribution in [3.63, 3.8) is 0 Å². The predicted molar refractivity (Wildman–Crippen MR) is 119 cm³/mol. The summed E-state index contributed by atoms with van der Waals surface area (Å²) in [5.74, 6) is -0.319. The van der Waals surface area contributed by atoms with E-state index >= 15 is 0 Å². The molecule has 0 radical (unpaired) electrons. The van der Waals surface area contributed by atoms with Gasteiger partial charge in [-0.3, -0.25) is 4.79 Å². The number of pyridine rings is 2. The van der Waals surface area contributed by atoms with Crippen molar-refractivity contribution in [3.8, 4) is 17.1 Å². The number of carbonyl (C=O) groups excluding carboxylic acids is 1. The molecule has 0 unspecified atom stereocenters. The Kier molecular flexibility index (Phi) is 4.41. The first-order valence-electron chi connectivity index (χ1n) is 9.81. The van der Waals surface area contributed by atoms with Crippen molar-refractivity contribution in [2.75, 3.05) is 6.61 Å². The Morgan fingerprint density at radius 3 is 2.80 bits per heavy atom. The van der Waals surface area contributed by atoms with Crippen LogP contribution >= 0.6 is 22.6 Å². The summed E-state index contributed by atoms with van der Waals surface area (Å²) in [7, 11) is 0. The first-order valence-corrected chi connectivity index (χ1v) is 10.9. The molecule has 0 amide bonds. The van der Waals surface area contributed by atoms with E-state index in [0.29, 0.717) is 30.0 Å². The molecule has 154 valence electrons. The Morgan fingerprint density at radius 1 is 1.27 bits per heavy atom. The number of phenolic OH excluding ortho intramolecular Hbond substituents is 1. The van der Waals surface area contributed by atoms with Crippen LogP contribution in [-0.2, 0) is 37.4 Å². The van der Waals surface area contributed by atoms with E-state index in [-0.39, 0.29) is 17.9 Å². The number of alkyl halides is 1. The summed E-state index contributed by atoms with van der Waals surface area (Å²) in [4.78, 5) is 30.7. The Hall–Kier alpha value is -2.46. The summed E-state index contributed by atoms with van der Waals surface area (Å²) in [5, 5.41) is 10.8. The summed E-state index contributed by atoms with van der Waals surface area (Å²) in [6.45, 7) is 4.49. The molecule has 8 heteroatoms. The lowest BCUT2D eigenvalue weighted by molar-refractivity contribution is -0.163. The first-order chi connectivity index (χ1) is 14.4. The van der Waals surface area contributed by atoms with Crippen LogP contribution in [-0.4, -0.2) is 27.2 Å². The van der Waals surface area contributed by atoms with Gasteiger partial charge in [-0.2, -0.15) is 0 Å². The van der Waals surface area contributed by atoms with Crippen molar-refractivity contribution in [1.29, 1.82) is 0 Å². The largest absolute Gasteiger partial charge is 0.508 e. The summed E-state index contributed by atoms with van der Waals surface area (Å²) < 4.78 is 11.4. The van der Waals surface area contributed by atoms with Crippen molar-refractivity contribution in [2.24, 2.45) is 0 Å². The van der Waals surface area contributed by atoms with Crippen LogP contribution in [0.3, 0.4) is 0 Å². The molecule has 3 aromatic rings. The summed E-state index contributed by atoms with van der Waals surface area (Å²) >= 11 is 1.93. The van der Waals surface area contributed by atoms with Crippen molar-refractivity contribution >= 4 is 39.5 Å². The van der Waals surface area contributed by atoms with E-state index in [1.807, 2.05) is 35.6 Å². The van der Waals surface area contributed by atoms with Crippen LogP contribution in [0.1, 0.15) is 36.1 Å². The average molecular weight is 518 g/mol. The topological polar surface area (TPSA) is 90.7 Å². The highest BCUT2D eigenvalue weighted by atomic mass is 127. The number of rotatable bonds is 3. The van der Waals surface area contributed by atoms with E-state index in [9.17, 15) is 14.7 Å². The van der Waals surface area contributed by atoms with E-state index in [2.05, 4.69) is 0 Å². The lowest BCUT2D eigenvalue weighted by atomic mass is 9.97. The molecule has 0 spiro atoms. The third-order valence-corrected chi connectivity index (χ3v) is 7.13. The number of ether oxygens (including phenoxy) is 2. The molecular weight excluding hydrogens is 499 g/mol. The summed E-state index contributed by atoms with van der Waals surface area (Å²) in [6, 6.07) is 6.96. The smallest absolute Gasteiger partial charge is 0.354 e. The Morgan fingerprint density at radius 2 is 2.07 bits per heavy atom. The zero-order valence-electron chi connectivity index (χ0n) is 16.5. The molecule has 0 saturated carbocycles. The van der Waals surface area contributed by atoms with Gasteiger partial charge in [0, 0.05) is 23.1 Å². The normalized spacial score (nSPS) is 19.4. The minimum Gasteiger partial charge on any atom is -0.508 e. The Labute approximate surface area is 185 Å². The number of carbonyl (C=O) groups is 1. The van der Waals surface area contributed by atoms with Crippen LogP contribution < -0.4 is 5.56 Å². The maximum atomic E-state index is 13.4. The fraction of sp³-hybridized carbons (Fsp3) is 0.318. The third kappa shape index (κ3) is 2.56. The van der Waals surface area contributed by atoms with Crippen molar-refractivity contribution < 1.29 is 19.4 Å². The molecule has 2 aliphatic rings. The SMILES string of the molecule is CCO[C@]1(I)C(=O)OCc2c1cc1n(c2=O)Cc2c-1nc1ccc(O)cc1c2CC. The molecule has 7 nitrogen and oxygen atoms in total. The second-order valence-corrected chi connectivity index (χ2v) is 8.91. The van der Waals surface area contributed by atoms with Gasteiger partial charge in [0.1, 0.15) is 12.4 Å². The van der Waals surface area contributed by atoms with E-state index in [4.69, 9.17) is 14.5 Å². The highest BCUT2D eigenvalue weighted by Crippen LogP contribution is 2.43. The lowest BCUT2D eigenvalue weighted by Crippen LogP contribution is -2.42. The average Bonchev–Trinajstić information content (AvgIpc) is 3.09. The van der Waals surface area contributed by atoms with Crippen LogP contribution in [0, 0.1) is 0 Å². The molecule has 0 bridgehead atoms. The minimum atomic E-state index is -1.35. The number of aromatic nitrogens is 2. The van der Waals surface area contributed by atoms with Crippen LogP contribution in [0.25, 0.3) is 22.3 Å². The van der Waals surface area contributed by atoms with Crippen molar-refractivity contribution in [3.05, 3.63) is 56.9 Å². The van der Waals surface area contributed by atoms with Crippen LogP contribution in [0.15, 0.2) is 29.1 Å². The standard InChI is InChI=1S/C22H19IN2O5/c1-3-12-13-7-11(26)5-6-17(13)24-19-14(12)9-25-18(19)8-16-15(20(25)27)10-29-21(28)22(16,23)30-4-2/h5-8,26H,3-4,9-10H2,1-2H3/t22-/m0/s1. The second-order valence-electron chi connectivity index (χ2n) is 7.39.